The van der Waals surface area contributed by atoms with Gasteiger partial charge in [-0.2, -0.15) is 0 Å². The van der Waals surface area contributed by atoms with Crippen LogP contribution in [0, 0.1) is 0 Å². The van der Waals surface area contributed by atoms with Crippen LogP contribution < -0.4 is 20.7 Å². The average Bonchev–Trinajstić information content (AvgIpc) is 4.01. The van der Waals surface area contributed by atoms with Crippen LogP contribution in [0.3, 0.4) is 0 Å². The number of fused-ring (bicyclic) bond motifs is 9. The van der Waals surface area contributed by atoms with E-state index in [4.69, 9.17) is 0 Å². The summed E-state index contributed by atoms with van der Waals surface area (Å²) in [7, 11) is -3.01. The van der Waals surface area contributed by atoms with Gasteiger partial charge in [-0.3, -0.25) is 0 Å². The summed E-state index contributed by atoms with van der Waals surface area (Å²) in [5.74, 6) is 0. The normalized spacial score (nSPS) is 12.1. The number of hydrogen-bond donors (Lipinski definition) is 0. The molecule has 13 rings (SSSR count). The number of nitrogens with zero attached hydrogens (tertiary/aromatic N) is 3. The second-order valence-electron chi connectivity index (χ2n) is 16.8. The maximum absolute atomic E-state index is 3.01. The molecule has 0 atom stereocenters. The third kappa shape index (κ3) is 5.27. The number of rotatable bonds is 7. The van der Waals surface area contributed by atoms with Gasteiger partial charge in [0.05, 0.1) is 38.8 Å². The number of benzene rings is 10. The molecule has 0 fully saturated rings. The molecule has 3 aromatic heterocycles. The van der Waals surface area contributed by atoms with Crippen molar-refractivity contribution in [3.8, 4) is 17.1 Å². The minimum Gasteiger partial charge on any atom is -0.309 e. The van der Waals surface area contributed by atoms with Crippen LogP contribution in [0.1, 0.15) is 0 Å². The molecule has 0 spiro atoms. The van der Waals surface area contributed by atoms with Crippen LogP contribution >= 0.6 is 0 Å². The minimum atomic E-state index is -3.01. The van der Waals surface area contributed by atoms with Crippen molar-refractivity contribution in [3.63, 3.8) is 0 Å². The predicted molar refractivity (Wildman–Crippen MR) is 273 cm³/mol. The first kappa shape index (κ1) is 36.5. The molecular formula is C60H41N3Si. The van der Waals surface area contributed by atoms with Gasteiger partial charge in [-0.25, -0.2) is 0 Å². The molecule has 3 heterocycles. The Morgan fingerprint density at radius 2 is 0.625 bits per heavy atom. The fraction of sp³-hybridized carbons (Fsp3) is 0. The molecule has 4 heteroatoms. The molecule has 0 unspecified atom stereocenters. The van der Waals surface area contributed by atoms with Gasteiger partial charge in [-0.05, 0) is 87.5 Å². The summed E-state index contributed by atoms with van der Waals surface area (Å²) in [5.41, 5.74) is 10.6. The molecule has 0 aliphatic rings. The fourth-order valence-electron chi connectivity index (χ4n) is 10.9. The molecule has 3 nitrogen and oxygen atoms in total. The third-order valence-electron chi connectivity index (χ3n) is 13.6. The Labute approximate surface area is 372 Å². The SMILES string of the molecule is c1ccc(-n2c3ccccc3c3cc(-n4c5ccccc5c5c(-n6c7ccccc7c7ccccc76)cc([Si](c6ccccc6)(c6ccccc6)c6ccccc6)cc54)ccc32)cc1. The topological polar surface area (TPSA) is 14.8 Å². The van der Waals surface area contributed by atoms with Gasteiger partial charge in [0.15, 0.2) is 8.07 Å². The number of para-hydroxylation sites is 5. The first-order chi connectivity index (χ1) is 31.8. The van der Waals surface area contributed by atoms with Gasteiger partial charge in [-0.1, -0.05) is 182 Å². The Kier molecular flexibility index (Phi) is 8.23. The molecule has 0 bridgehead atoms. The molecule has 0 N–H and O–H groups in total. The first-order valence-corrected chi connectivity index (χ1v) is 24.1. The van der Waals surface area contributed by atoms with E-state index in [1.165, 1.54) is 91.9 Å². The van der Waals surface area contributed by atoms with E-state index in [-0.39, 0.29) is 0 Å². The Bertz CT molecular complexity index is 3730. The summed E-state index contributed by atoms with van der Waals surface area (Å²) >= 11 is 0. The predicted octanol–water partition coefficient (Wildman–Crippen LogP) is 12.4. The molecule has 0 aliphatic carbocycles. The van der Waals surface area contributed by atoms with Gasteiger partial charge >= 0.3 is 0 Å². The van der Waals surface area contributed by atoms with Gasteiger partial charge < -0.3 is 13.7 Å². The Hall–Kier alpha value is -8.18. The largest absolute Gasteiger partial charge is 0.309 e. The zero-order valence-electron chi connectivity index (χ0n) is 35.0. The molecule has 0 radical (unpaired) electrons. The van der Waals surface area contributed by atoms with E-state index in [1.807, 2.05) is 0 Å². The third-order valence-corrected chi connectivity index (χ3v) is 18.3. The van der Waals surface area contributed by atoms with E-state index in [2.05, 4.69) is 262 Å². The summed E-state index contributed by atoms with van der Waals surface area (Å²) in [5, 5.41) is 12.8. The molecule has 13 aromatic rings. The zero-order valence-corrected chi connectivity index (χ0v) is 36.0. The van der Waals surface area contributed by atoms with Crippen LogP contribution in [0.25, 0.3) is 82.5 Å². The maximum atomic E-state index is 2.56. The van der Waals surface area contributed by atoms with Crippen molar-refractivity contribution < 1.29 is 0 Å². The monoisotopic (exact) mass is 831 g/mol. The quantitative estimate of drug-likeness (QED) is 0.112. The van der Waals surface area contributed by atoms with E-state index in [0.717, 1.165) is 11.4 Å². The van der Waals surface area contributed by atoms with Crippen LogP contribution in [0.15, 0.2) is 249 Å². The van der Waals surface area contributed by atoms with Crippen LogP contribution in [-0.2, 0) is 0 Å². The zero-order chi connectivity index (χ0) is 42.2. The average molecular weight is 832 g/mol. The van der Waals surface area contributed by atoms with Crippen molar-refractivity contribution in [2.45, 2.75) is 0 Å². The molecule has 64 heavy (non-hydrogen) atoms. The molecule has 0 saturated heterocycles. The summed E-state index contributed by atoms with van der Waals surface area (Å²) in [4.78, 5) is 0. The second-order valence-corrected chi connectivity index (χ2v) is 20.7. The highest BCUT2D eigenvalue weighted by Crippen LogP contribution is 2.41. The van der Waals surface area contributed by atoms with Crippen LogP contribution in [0.4, 0.5) is 0 Å². The highest BCUT2D eigenvalue weighted by Gasteiger charge is 2.42. The van der Waals surface area contributed by atoms with Crippen LogP contribution in [0.2, 0.25) is 0 Å². The van der Waals surface area contributed by atoms with Crippen molar-refractivity contribution >= 4 is 94.2 Å². The molecule has 0 saturated carbocycles. The van der Waals surface area contributed by atoms with E-state index < -0.39 is 8.07 Å². The maximum Gasteiger partial charge on any atom is 0.179 e. The fourth-order valence-corrected chi connectivity index (χ4v) is 15.7. The Morgan fingerprint density at radius 3 is 1.16 bits per heavy atom. The Morgan fingerprint density at radius 1 is 0.234 bits per heavy atom. The summed E-state index contributed by atoms with van der Waals surface area (Å²) in [6, 6.07) is 92.5. The summed E-state index contributed by atoms with van der Waals surface area (Å²) in [6.07, 6.45) is 0. The standard InChI is InChI=1S/C60H41N3Si/c1-5-21-42(22-6-1)61-53-33-17-15-31-50(53)52-39-43(37-38-57(52)61)62-56-36-20-16-32-51(56)60-58(62)40-47(41-59(60)63-54-34-18-13-29-48(54)49-30-14-19-35-55(49)63)64(44-23-7-2-8-24-44,45-25-9-3-10-26-45)46-27-11-4-12-28-46/h1-41H. The van der Waals surface area contributed by atoms with Gasteiger partial charge in [-0.15, -0.1) is 0 Å². The number of aromatic nitrogens is 3. The van der Waals surface area contributed by atoms with Gasteiger partial charge in [0.1, 0.15) is 0 Å². The van der Waals surface area contributed by atoms with Crippen LogP contribution in [0.5, 0.6) is 0 Å². The van der Waals surface area contributed by atoms with E-state index >= 15 is 0 Å². The summed E-state index contributed by atoms with van der Waals surface area (Å²) in [6.45, 7) is 0. The molecule has 0 amide bonds. The summed E-state index contributed by atoms with van der Waals surface area (Å²) < 4.78 is 7.49. The smallest absolute Gasteiger partial charge is 0.179 e. The minimum absolute atomic E-state index is 1.13. The van der Waals surface area contributed by atoms with Gasteiger partial charge in [0.25, 0.3) is 0 Å². The van der Waals surface area contributed by atoms with Gasteiger partial charge in [0, 0.05) is 43.7 Å². The number of hydrogen-bond acceptors (Lipinski definition) is 0. The molecule has 10 aromatic carbocycles. The van der Waals surface area contributed by atoms with Crippen molar-refractivity contribution in [1.29, 1.82) is 0 Å². The highest BCUT2D eigenvalue weighted by atomic mass is 28.3. The lowest BCUT2D eigenvalue weighted by molar-refractivity contribution is 1.16. The molecule has 300 valence electrons. The van der Waals surface area contributed by atoms with Crippen molar-refractivity contribution in [3.05, 3.63) is 249 Å². The Balaban J connectivity index is 1.22. The van der Waals surface area contributed by atoms with E-state index in [1.54, 1.807) is 0 Å². The lowest BCUT2D eigenvalue weighted by atomic mass is 10.1. The molecule has 0 aliphatic heterocycles. The van der Waals surface area contributed by atoms with E-state index in [0.29, 0.717) is 0 Å². The van der Waals surface area contributed by atoms with Crippen molar-refractivity contribution in [2.24, 2.45) is 0 Å². The van der Waals surface area contributed by atoms with Crippen molar-refractivity contribution in [2.75, 3.05) is 0 Å². The second kappa shape index (κ2) is 14.5. The lowest BCUT2D eigenvalue weighted by Crippen LogP contribution is -2.74. The van der Waals surface area contributed by atoms with Gasteiger partial charge in [0.2, 0.25) is 0 Å². The first-order valence-electron chi connectivity index (χ1n) is 22.1. The van der Waals surface area contributed by atoms with Crippen molar-refractivity contribution in [1.82, 2.24) is 13.7 Å². The molecular weight excluding hydrogens is 791 g/mol. The van der Waals surface area contributed by atoms with Crippen LogP contribution in [-0.4, -0.2) is 21.8 Å². The lowest BCUT2D eigenvalue weighted by Gasteiger charge is -2.35. The highest BCUT2D eigenvalue weighted by molar-refractivity contribution is 7.20. The van der Waals surface area contributed by atoms with E-state index in [9.17, 15) is 0 Å².